The molecule has 3 rings (SSSR count). The summed E-state index contributed by atoms with van der Waals surface area (Å²) in [4.78, 5) is 48.8. The highest BCUT2D eigenvalue weighted by Crippen LogP contribution is 2.39. The van der Waals surface area contributed by atoms with Crippen molar-refractivity contribution in [2.24, 2.45) is 0 Å². The predicted octanol–water partition coefficient (Wildman–Crippen LogP) is 3.59. The lowest BCUT2D eigenvalue weighted by molar-refractivity contribution is -0.151. The first-order valence-corrected chi connectivity index (χ1v) is 12.4. The van der Waals surface area contributed by atoms with Crippen LogP contribution in [0.2, 0.25) is 0 Å². The van der Waals surface area contributed by atoms with Crippen LogP contribution in [0.1, 0.15) is 66.9 Å². The van der Waals surface area contributed by atoms with E-state index in [-0.39, 0.29) is 24.0 Å². The molecule has 37 heavy (non-hydrogen) atoms. The van der Waals surface area contributed by atoms with Crippen molar-refractivity contribution in [1.29, 1.82) is 0 Å². The summed E-state index contributed by atoms with van der Waals surface area (Å²) in [5, 5.41) is 8.16. The predicted molar refractivity (Wildman–Crippen MR) is 121 cm³/mol. The summed E-state index contributed by atoms with van der Waals surface area (Å²) in [6.45, 7) is 1.40. The van der Waals surface area contributed by atoms with E-state index in [0.29, 0.717) is 31.2 Å². The first kappa shape index (κ1) is 28.1. The third-order valence-corrected chi connectivity index (χ3v) is 6.44. The van der Waals surface area contributed by atoms with Gasteiger partial charge in [0.05, 0.1) is 11.1 Å². The molecular formula is C23H22F3NO9S. The Bertz CT molecular complexity index is 1300. The molecule has 2 aliphatic rings. The Morgan fingerprint density at radius 2 is 1.70 bits per heavy atom. The van der Waals surface area contributed by atoms with E-state index in [4.69, 9.17) is 9.84 Å². The van der Waals surface area contributed by atoms with Crippen molar-refractivity contribution in [3.63, 3.8) is 0 Å². The van der Waals surface area contributed by atoms with Gasteiger partial charge in [0.2, 0.25) is 0 Å². The van der Waals surface area contributed by atoms with Crippen LogP contribution in [-0.4, -0.2) is 53.4 Å². The molecule has 1 atom stereocenters. The SMILES string of the molecule is CC1(OC(=O)CCCCCCC(=O)O)C=Cc2cccc3c2C(=C1)C(=O)N(OS(=O)(=O)C(F)(F)F)C3=O. The summed E-state index contributed by atoms with van der Waals surface area (Å²) >= 11 is 0. The highest BCUT2D eigenvalue weighted by atomic mass is 32.2. The summed E-state index contributed by atoms with van der Waals surface area (Å²) in [6.07, 6.45) is 6.01. The van der Waals surface area contributed by atoms with E-state index >= 15 is 0 Å². The van der Waals surface area contributed by atoms with E-state index in [2.05, 4.69) is 4.28 Å². The van der Waals surface area contributed by atoms with Gasteiger partial charge >= 0.3 is 27.6 Å². The van der Waals surface area contributed by atoms with Crippen LogP contribution in [0.25, 0.3) is 11.6 Å². The molecule has 0 saturated carbocycles. The Labute approximate surface area is 209 Å². The number of aliphatic carboxylic acids is 1. The van der Waals surface area contributed by atoms with E-state index in [1.165, 1.54) is 37.3 Å². The van der Waals surface area contributed by atoms with Gasteiger partial charge in [-0.1, -0.05) is 31.1 Å². The van der Waals surface area contributed by atoms with Crippen molar-refractivity contribution in [1.82, 2.24) is 5.06 Å². The summed E-state index contributed by atoms with van der Waals surface area (Å²) in [6, 6.07) is 4.07. The highest BCUT2D eigenvalue weighted by molar-refractivity contribution is 7.87. The number of amides is 2. The maximum absolute atomic E-state index is 13.0. The monoisotopic (exact) mass is 545 g/mol. The van der Waals surface area contributed by atoms with E-state index < -0.39 is 55.6 Å². The van der Waals surface area contributed by atoms with Gasteiger partial charge in [-0.15, -0.1) is 9.35 Å². The number of benzene rings is 1. The molecule has 0 aromatic heterocycles. The van der Waals surface area contributed by atoms with Gasteiger partial charge in [-0.25, -0.2) is 0 Å². The summed E-state index contributed by atoms with van der Waals surface area (Å²) in [5.41, 5.74) is -7.83. The largest absolute Gasteiger partial charge is 0.525 e. The molecule has 1 unspecified atom stereocenters. The number of alkyl halides is 3. The fourth-order valence-corrected chi connectivity index (χ4v) is 4.21. The quantitative estimate of drug-likeness (QED) is 0.202. The van der Waals surface area contributed by atoms with Crippen LogP contribution in [0.15, 0.2) is 30.4 Å². The Kier molecular flexibility index (Phi) is 7.93. The number of carboxylic acids is 1. The second kappa shape index (κ2) is 10.5. The number of rotatable bonds is 10. The van der Waals surface area contributed by atoms with Gasteiger partial charge in [-0.2, -0.15) is 21.6 Å². The van der Waals surface area contributed by atoms with Crippen molar-refractivity contribution in [3.8, 4) is 0 Å². The van der Waals surface area contributed by atoms with Crippen LogP contribution < -0.4 is 0 Å². The fourth-order valence-electron chi connectivity index (χ4n) is 3.80. The zero-order valence-electron chi connectivity index (χ0n) is 19.4. The molecule has 0 spiro atoms. The molecule has 0 bridgehead atoms. The molecule has 1 heterocycles. The van der Waals surface area contributed by atoms with Gasteiger partial charge in [-0.05, 0) is 43.5 Å². The lowest BCUT2D eigenvalue weighted by Crippen LogP contribution is -2.45. The lowest BCUT2D eigenvalue weighted by Gasteiger charge is -2.29. The number of nitrogens with zero attached hydrogens (tertiary/aromatic N) is 1. The number of hydrogen-bond acceptors (Lipinski definition) is 8. The van der Waals surface area contributed by atoms with Crippen molar-refractivity contribution in [2.45, 2.75) is 56.6 Å². The average Bonchev–Trinajstić information content (AvgIpc) is 2.94. The third kappa shape index (κ3) is 6.25. The minimum atomic E-state index is -6.34. The van der Waals surface area contributed by atoms with Gasteiger partial charge in [0, 0.05) is 18.4 Å². The first-order valence-electron chi connectivity index (χ1n) is 11.0. The van der Waals surface area contributed by atoms with E-state index in [1.54, 1.807) is 0 Å². The molecule has 1 aliphatic carbocycles. The van der Waals surface area contributed by atoms with Crippen LogP contribution in [-0.2, 0) is 33.5 Å². The number of unbranched alkanes of at least 4 members (excludes halogenated alkanes) is 3. The van der Waals surface area contributed by atoms with Gasteiger partial charge in [-0.3, -0.25) is 19.2 Å². The number of carbonyl (C=O) groups is 4. The zero-order chi connectivity index (χ0) is 27.6. The molecule has 1 aliphatic heterocycles. The number of ether oxygens (including phenoxy) is 1. The second-order valence-corrected chi connectivity index (χ2v) is 10.0. The van der Waals surface area contributed by atoms with Gasteiger partial charge in [0.15, 0.2) is 0 Å². The van der Waals surface area contributed by atoms with Crippen LogP contribution >= 0.6 is 0 Å². The minimum absolute atomic E-state index is 0.0188. The number of halogens is 3. The average molecular weight is 545 g/mol. The van der Waals surface area contributed by atoms with Crippen molar-refractivity contribution >= 4 is 45.5 Å². The number of hydrogen-bond donors (Lipinski definition) is 1. The van der Waals surface area contributed by atoms with E-state index in [0.717, 1.165) is 6.08 Å². The standard InChI is InChI=1S/C23H22F3NO9S/c1-22(35-18(30)10-5-3-2-4-9-17(28)29)12-11-14-7-6-8-15-19(14)16(13-22)21(32)27(20(15)31)36-37(33,34)23(24,25)26/h6-8,11-13H,2-5,9-10H2,1H3,(H,28,29). The summed E-state index contributed by atoms with van der Waals surface area (Å²) in [7, 11) is -6.34. The van der Waals surface area contributed by atoms with Gasteiger partial charge in [0.1, 0.15) is 5.60 Å². The van der Waals surface area contributed by atoms with E-state index in [1.807, 2.05) is 0 Å². The number of carboxylic acid groups (broad SMARTS) is 1. The molecule has 1 N–H and O–H groups in total. The molecule has 0 saturated heterocycles. The molecule has 0 radical (unpaired) electrons. The smallest absolute Gasteiger partial charge is 0.481 e. The second-order valence-electron chi connectivity index (χ2n) is 8.51. The number of hydroxylamine groups is 2. The molecule has 14 heteroatoms. The first-order chi connectivity index (χ1) is 17.2. The van der Waals surface area contributed by atoms with Gasteiger partial charge < -0.3 is 9.84 Å². The highest BCUT2D eigenvalue weighted by Gasteiger charge is 2.52. The van der Waals surface area contributed by atoms with Crippen molar-refractivity contribution < 1.29 is 54.9 Å². The summed E-state index contributed by atoms with van der Waals surface area (Å²) in [5.74, 6) is -4.48. The Morgan fingerprint density at radius 3 is 2.32 bits per heavy atom. The molecule has 2 amide bonds. The fraction of sp³-hybridized carbons (Fsp3) is 0.391. The molecule has 1 aromatic carbocycles. The normalized spacial score (nSPS) is 19.2. The number of carbonyl (C=O) groups excluding carboxylic acids is 3. The third-order valence-electron chi connectivity index (χ3n) is 5.53. The summed E-state index contributed by atoms with van der Waals surface area (Å²) < 4.78 is 71.0. The molecule has 200 valence electrons. The molecular weight excluding hydrogens is 523 g/mol. The van der Waals surface area contributed by atoms with Crippen LogP contribution in [0.3, 0.4) is 0 Å². The van der Waals surface area contributed by atoms with Crippen molar-refractivity contribution in [2.75, 3.05) is 0 Å². The Morgan fingerprint density at radius 1 is 1.05 bits per heavy atom. The zero-order valence-corrected chi connectivity index (χ0v) is 20.2. The number of imide groups is 1. The maximum atomic E-state index is 13.0. The van der Waals surface area contributed by atoms with Crippen LogP contribution in [0.4, 0.5) is 13.2 Å². The molecule has 10 nitrogen and oxygen atoms in total. The number of esters is 1. The minimum Gasteiger partial charge on any atom is -0.481 e. The molecule has 0 fully saturated rings. The van der Waals surface area contributed by atoms with Crippen LogP contribution in [0.5, 0.6) is 0 Å². The maximum Gasteiger partial charge on any atom is 0.525 e. The topological polar surface area (TPSA) is 144 Å². The van der Waals surface area contributed by atoms with E-state index in [9.17, 15) is 40.8 Å². The van der Waals surface area contributed by atoms with Gasteiger partial charge in [0.25, 0.3) is 11.8 Å². The Hall–Kier alpha value is -3.52. The van der Waals surface area contributed by atoms with Crippen molar-refractivity contribution in [3.05, 3.63) is 47.0 Å². The Balaban J connectivity index is 1.86. The lowest BCUT2D eigenvalue weighted by atomic mass is 9.90. The van der Waals surface area contributed by atoms with Crippen LogP contribution in [0, 0.1) is 0 Å². The molecule has 1 aromatic rings.